The van der Waals surface area contributed by atoms with Crippen LogP contribution in [-0.2, 0) is 28.6 Å². The lowest BCUT2D eigenvalue weighted by molar-refractivity contribution is -0.167. The molecule has 0 aromatic heterocycles. The second kappa shape index (κ2) is 53.5. The number of ether oxygens (including phenoxy) is 3. The van der Waals surface area contributed by atoms with Crippen LogP contribution in [0.3, 0.4) is 0 Å². The summed E-state index contributed by atoms with van der Waals surface area (Å²) >= 11 is 0. The summed E-state index contributed by atoms with van der Waals surface area (Å²) in [6, 6.07) is 0. The molecule has 6 nitrogen and oxygen atoms in total. The van der Waals surface area contributed by atoms with Crippen molar-refractivity contribution in [2.45, 2.75) is 316 Å². The number of unbranched alkanes of at least 4 members (excludes halogenated alkanes) is 37. The smallest absolute Gasteiger partial charge is 0.306 e. The molecule has 0 aliphatic carbocycles. The summed E-state index contributed by atoms with van der Waals surface area (Å²) in [5, 5.41) is 0. The van der Waals surface area contributed by atoms with Crippen LogP contribution >= 0.6 is 0 Å². The molecular weight excluding hydrogens is 793 g/mol. The lowest BCUT2D eigenvalue weighted by atomic mass is 10.0. The van der Waals surface area contributed by atoms with Crippen LogP contribution in [0, 0.1) is 0 Å². The summed E-state index contributed by atoms with van der Waals surface area (Å²) in [5.41, 5.74) is 0. The largest absolute Gasteiger partial charge is 0.462 e. The first-order valence-electron chi connectivity index (χ1n) is 28.3. The number of hydrogen-bond donors (Lipinski definition) is 0. The fourth-order valence-electron chi connectivity index (χ4n) is 8.36. The average molecular weight is 901 g/mol. The lowest BCUT2D eigenvalue weighted by Gasteiger charge is -2.18. The summed E-state index contributed by atoms with van der Waals surface area (Å²) < 4.78 is 16.8. The number of carbonyl (C=O) groups is 3. The Hall–Kier alpha value is -2.11. The highest BCUT2D eigenvalue weighted by Gasteiger charge is 2.19. The van der Waals surface area contributed by atoms with Gasteiger partial charge in [0, 0.05) is 19.3 Å². The SMILES string of the molecule is CCCC/C=C\CCCCCCC(=O)OCC(COC(=O)CCCCCCC/C=C\CCCCCCCCCCC)OC(=O)CCCCCCCCCCCCCCCCCCCC. The van der Waals surface area contributed by atoms with Crippen molar-refractivity contribution in [3.8, 4) is 0 Å². The molecule has 0 saturated heterocycles. The fraction of sp³-hybridized carbons (Fsp3) is 0.879. The van der Waals surface area contributed by atoms with Crippen LogP contribution in [-0.4, -0.2) is 37.2 Å². The maximum atomic E-state index is 12.8. The summed E-state index contributed by atoms with van der Waals surface area (Å²) in [5.74, 6) is -0.879. The Morgan fingerprint density at radius 3 is 0.828 bits per heavy atom. The maximum Gasteiger partial charge on any atom is 0.306 e. The highest BCUT2D eigenvalue weighted by atomic mass is 16.6. The molecule has 0 bridgehead atoms. The van der Waals surface area contributed by atoms with Crippen LogP contribution < -0.4 is 0 Å². The van der Waals surface area contributed by atoms with Crippen LogP contribution in [0.15, 0.2) is 24.3 Å². The minimum Gasteiger partial charge on any atom is -0.462 e. The summed E-state index contributed by atoms with van der Waals surface area (Å²) in [7, 11) is 0. The minimum atomic E-state index is -0.774. The Kier molecular flexibility index (Phi) is 51.7. The average Bonchev–Trinajstić information content (AvgIpc) is 3.29. The predicted molar refractivity (Wildman–Crippen MR) is 275 cm³/mol. The lowest BCUT2D eigenvalue weighted by Crippen LogP contribution is -2.30. The van der Waals surface area contributed by atoms with E-state index in [-0.39, 0.29) is 31.1 Å². The maximum absolute atomic E-state index is 12.8. The molecule has 0 aromatic carbocycles. The minimum absolute atomic E-state index is 0.0753. The second-order valence-corrected chi connectivity index (χ2v) is 19.2. The Labute approximate surface area is 398 Å². The van der Waals surface area contributed by atoms with Crippen molar-refractivity contribution in [1.29, 1.82) is 0 Å². The van der Waals surface area contributed by atoms with Crippen LogP contribution in [0.5, 0.6) is 0 Å². The summed E-state index contributed by atoms with van der Waals surface area (Å²) in [6.07, 6.45) is 61.7. The Balaban J connectivity index is 4.28. The normalized spacial score (nSPS) is 12.1. The molecule has 376 valence electrons. The van der Waals surface area contributed by atoms with E-state index in [4.69, 9.17) is 14.2 Å². The molecule has 64 heavy (non-hydrogen) atoms. The van der Waals surface area contributed by atoms with Crippen LogP contribution in [0.1, 0.15) is 310 Å². The van der Waals surface area contributed by atoms with E-state index < -0.39 is 6.10 Å². The van der Waals surface area contributed by atoms with E-state index in [1.165, 1.54) is 186 Å². The van der Waals surface area contributed by atoms with Crippen molar-refractivity contribution in [2.24, 2.45) is 0 Å². The molecule has 0 fully saturated rings. The summed E-state index contributed by atoms with van der Waals surface area (Å²) in [6.45, 7) is 6.62. The van der Waals surface area contributed by atoms with E-state index in [2.05, 4.69) is 45.1 Å². The molecule has 0 amide bonds. The quantitative estimate of drug-likeness (QED) is 0.0262. The van der Waals surface area contributed by atoms with Crippen LogP contribution in [0.4, 0.5) is 0 Å². The van der Waals surface area contributed by atoms with E-state index in [1.807, 2.05) is 0 Å². The number of rotatable bonds is 52. The zero-order valence-electron chi connectivity index (χ0n) is 43.1. The third-order valence-electron chi connectivity index (χ3n) is 12.7. The predicted octanol–water partition coefficient (Wildman–Crippen LogP) is 18.7. The van der Waals surface area contributed by atoms with Crippen LogP contribution in [0.25, 0.3) is 0 Å². The molecule has 0 aliphatic rings. The van der Waals surface area contributed by atoms with Crippen molar-refractivity contribution >= 4 is 17.9 Å². The Morgan fingerprint density at radius 1 is 0.297 bits per heavy atom. The van der Waals surface area contributed by atoms with Gasteiger partial charge in [0.2, 0.25) is 0 Å². The van der Waals surface area contributed by atoms with E-state index >= 15 is 0 Å². The number of carbonyl (C=O) groups excluding carboxylic acids is 3. The van der Waals surface area contributed by atoms with Gasteiger partial charge in [0.1, 0.15) is 13.2 Å². The van der Waals surface area contributed by atoms with Crippen molar-refractivity contribution in [2.75, 3.05) is 13.2 Å². The summed E-state index contributed by atoms with van der Waals surface area (Å²) in [4.78, 5) is 38.0. The molecule has 0 radical (unpaired) electrons. The molecule has 6 heteroatoms. The molecule has 0 rings (SSSR count). The molecule has 0 spiro atoms. The van der Waals surface area contributed by atoms with Gasteiger partial charge in [0.05, 0.1) is 0 Å². The fourth-order valence-corrected chi connectivity index (χ4v) is 8.36. The van der Waals surface area contributed by atoms with Gasteiger partial charge in [-0.2, -0.15) is 0 Å². The van der Waals surface area contributed by atoms with E-state index in [9.17, 15) is 14.4 Å². The Morgan fingerprint density at radius 2 is 0.531 bits per heavy atom. The molecule has 0 aliphatic heterocycles. The van der Waals surface area contributed by atoms with Gasteiger partial charge >= 0.3 is 17.9 Å². The highest BCUT2D eigenvalue weighted by Crippen LogP contribution is 2.17. The number of hydrogen-bond acceptors (Lipinski definition) is 6. The van der Waals surface area contributed by atoms with E-state index in [0.717, 1.165) is 83.5 Å². The van der Waals surface area contributed by atoms with Gasteiger partial charge in [-0.1, -0.05) is 251 Å². The number of esters is 3. The third kappa shape index (κ3) is 50.9. The van der Waals surface area contributed by atoms with Crippen molar-refractivity contribution in [1.82, 2.24) is 0 Å². The van der Waals surface area contributed by atoms with Gasteiger partial charge < -0.3 is 14.2 Å². The van der Waals surface area contributed by atoms with Gasteiger partial charge in [0.15, 0.2) is 6.10 Å². The number of allylic oxidation sites excluding steroid dienone is 4. The monoisotopic (exact) mass is 901 g/mol. The van der Waals surface area contributed by atoms with Crippen molar-refractivity contribution in [3.05, 3.63) is 24.3 Å². The first-order chi connectivity index (χ1) is 31.5. The molecule has 0 saturated carbocycles. The molecule has 0 N–H and O–H groups in total. The molecule has 1 unspecified atom stereocenters. The van der Waals surface area contributed by atoms with E-state index in [1.54, 1.807) is 0 Å². The van der Waals surface area contributed by atoms with Gasteiger partial charge in [-0.05, 0) is 64.2 Å². The third-order valence-corrected chi connectivity index (χ3v) is 12.7. The van der Waals surface area contributed by atoms with Gasteiger partial charge in [-0.15, -0.1) is 0 Å². The Bertz CT molecular complexity index is 1040. The highest BCUT2D eigenvalue weighted by molar-refractivity contribution is 5.71. The molecular formula is C58H108O6. The molecule has 0 heterocycles. The standard InChI is InChI=1S/C58H108O6/c1-4-7-10-13-16-19-22-24-26-28-30-32-34-36-39-42-45-48-51-57(60)63-54-55(53-62-56(59)50-47-44-41-38-21-18-15-12-9-6-3)64-58(61)52-49-46-43-40-37-35-33-31-29-27-25-23-20-17-14-11-8-5-2/h15,18,30,32,55H,4-14,16-17,19-29,31,33-54H2,1-3H3/b18-15-,32-30-. The topological polar surface area (TPSA) is 78.9 Å². The van der Waals surface area contributed by atoms with Crippen molar-refractivity contribution < 1.29 is 28.6 Å². The van der Waals surface area contributed by atoms with Crippen LogP contribution in [0.2, 0.25) is 0 Å². The van der Waals surface area contributed by atoms with Gasteiger partial charge in [0.25, 0.3) is 0 Å². The zero-order valence-corrected chi connectivity index (χ0v) is 43.1. The molecule has 0 aromatic rings. The van der Waals surface area contributed by atoms with Gasteiger partial charge in [-0.25, -0.2) is 0 Å². The zero-order chi connectivity index (χ0) is 46.5. The first kappa shape index (κ1) is 61.9. The van der Waals surface area contributed by atoms with Gasteiger partial charge in [-0.3, -0.25) is 14.4 Å². The second-order valence-electron chi connectivity index (χ2n) is 19.2. The molecule has 1 atom stereocenters. The first-order valence-corrected chi connectivity index (χ1v) is 28.3. The van der Waals surface area contributed by atoms with Crippen molar-refractivity contribution in [3.63, 3.8) is 0 Å². The van der Waals surface area contributed by atoms with E-state index in [0.29, 0.717) is 19.3 Å².